The molecule has 0 N–H and O–H groups in total. The number of rotatable bonds is 0. The van der Waals surface area contributed by atoms with Crippen LogP contribution in [0.3, 0.4) is 0 Å². The summed E-state index contributed by atoms with van der Waals surface area (Å²) in [6.07, 6.45) is 1.51. The van der Waals surface area contributed by atoms with Crippen LogP contribution in [-0.2, 0) is 6.42 Å². The van der Waals surface area contributed by atoms with Crippen molar-refractivity contribution in [2.45, 2.75) is 33.6 Å². The van der Waals surface area contributed by atoms with Gasteiger partial charge in [0, 0.05) is 17.4 Å². The second-order valence-electron chi connectivity index (χ2n) is 6.12. The molecule has 0 spiro atoms. The van der Waals surface area contributed by atoms with Gasteiger partial charge in [-0.3, -0.25) is 9.78 Å². The van der Waals surface area contributed by atoms with Gasteiger partial charge in [-0.15, -0.1) is 0 Å². The van der Waals surface area contributed by atoms with Crippen molar-refractivity contribution in [2.24, 2.45) is 5.41 Å². The maximum Gasteiger partial charge on any atom is 0.165 e. The lowest BCUT2D eigenvalue weighted by Crippen LogP contribution is -2.27. The van der Waals surface area contributed by atoms with E-state index in [9.17, 15) is 4.79 Å². The number of pyridine rings is 1. The van der Waals surface area contributed by atoms with Gasteiger partial charge in [0.25, 0.3) is 0 Å². The zero-order valence-electron chi connectivity index (χ0n) is 11.1. The molecule has 0 radical (unpaired) electrons. The number of carbonyl (C=O) groups excluding carboxylic acids is 1. The predicted molar refractivity (Wildman–Crippen MR) is 72.9 cm³/mol. The summed E-state index contributed by atoms with van der Waals surface area (Å²) in [6, 6.07) is 8.20. The highest BCUT2D eigenvalue weighted by atomic mass is 16.1. The van der Waals surface area contributed by atoms with E-state index in [1.54, 1.807) is 0 Å². The zero-order chi connectivity index (χ0) is 12.9. The lowest BCUT2D eigenvalue weighted by Gasteiger charge is -2.29. The highest BCUT2D eigenvalue weighted by Crippen LogP contribution is 2.35. The normalized spacial score (nSPS) is 17.8. The first-order valence-electron chi connectivity index (χ1n) is 6.38. The Morgan fingerprint density at radius 3 is 2.72 bits per heavy atom. The van der Waals surface area contributed by atoms with Crippen molar-refractivity contribution < 1.29 is 4.79 Å². The van der Waals surface area contributed by atoms with Crippen LogP contribution in [0, 0.1) is 12.3 Å². The van der Waals surface area contributed by atoms with E-state index in [0.717, 1.165) is 28.6 Å². The number of aryl methyl sites for hydroxylation is 1. The smallest absolute Gasteiger partial charge is 0.165 e. The van der Waals surface area contributed by atoms with E-state index in [2.05, 4.69) is 32.9 Å². The molecule has 1 aromatic carbocycles. The molecule has 0 atom stereocenters. The van der Waals surface area contributed by atoms with Crippen LogP contribution in [0.25, 0.3) is 10.9 Å². The number of hydrogen-bond acceptors (Lipinski definition) is 2. The van der Waals surface area contributed by atoms with Crippen LogP contribution in [0.2, 0.25) is 0 Å². The van der Waals surface area contributed by atoms with Crippen molar-refractivity contribution in [3.8, 4) is 0 Å². The fourth-order valence-corrected chi connectivity index (χ4v) is 2.74. The number of benzene rings is 1. The molecule has 0 aliphatic heterocycles. The minimum Gasteiger partial charge on any atom is -0.294 e. The average molecular weight is 239 g/mol. The third-order valence-corrected chi connectivity index (χ3v) is 3.64. The Bertz CT molecular complexity index is 655. The minimum atomic E-state index is 0.0363. The van der Waals surface area contributed by atoms with Gasteiger partial charge in [0.2, 0.25) is 0 Å². The largest absolute Gasteiger partial charge is 0.294 e. The van der Waals surface area contributed by atoms with Gasteiger partial charge >= 0.3 is 0 Å². The molecule has 2 nitrogen and oxygen atoms in total. The molecule has 3 rings (SSSR count). The van der Waals surface area contributed by atoms with Gasteiger partial charge in [0.15, 0.2) is 5.78 Å². The van der Waals surface area contributed by atoms with Gasteiger partial charge in [-0.05, 0) is 36.5 Å². The Labute approximate surface area is 107 Å². The van der Waals surface area contributed by atoms with E-state index in [1.807, 2.05) is 12.1 Å². The maximum atomic E-state index is 12.2. The number of hydrogen-bond donors (Lipinski definition) is 0. The Hall–Kier alpha value is -1.70. The number of aromatic nitrogens is 1. The zero-order valence-corrected chi connectivity index (χ0v) is 11.1. The third-order valence-electron chi connectivity index (χ3n) is 3.64. The number of ketones is 1. The van der Waals surface area contributed by atoms with Crippen molar-refractivity contribution in [1.82, 2.24) is 4.98 Å². The summed E-state index contributed by atoms with van der Waals surface area (Å²) >= 11 is 0. The van der Waals surface area contributed by atoms with Crippen LogP contribution in [0.4, 0.5) is 0 Å². The summed E-state index contributed by atoms with van der Waals surface area (Å²) in [6.45, 7) is 6.33. The summed E-state index contributed by atoms with van der Waals surface area (Å²) < 4.78 is 0. The van der Waals surface area contributed by atoms with E-state index in [0.29, 0.717) is 6.42 Å². The van der Waals surface area contributed by atoms with Gasteiger partial charge in [-0.1, -0.05) is 26.0 Å². The van der Waals surface area contributed by atoms with Crippen LogP contribution >= 0.6 is 0 Å². The van der Waals surface area contributed by atoms with Gasteiger partial charge in [-0.2, -0.15) is 0 Å². The molecule has 1 aliphatic carbocycles. The second-order valence-corrected chi connectivity index (χ2v) is 6.12. The van der Waals surface area contributed by atoms with E-state index >= 15 is 0 Å². The molecule has 1 aromatic heterocycles. The van der Waals surface area contributed by atoms with Gasteiger partial charge in [0.05, 0.1) is 11.2 Å². The Morgan fingerprint density at radius 2 is 1.94 bits per heavy atom. The van der Waals surface area contributed by atoms with Crippen LogP contribution in [-0.4, -0.2) is 10.8 Å². The first kappa shape index (κ1) is 11.4. The Morgan fingerprint density at radius 1 is 1.17 bits per heavy atom. The second kappa shape index (κ2) is 3.64. The topological polar surface area (TPSA) is 30.0 Å². The van der Waals surface area contributed by atoms with E-state index < -0.39 is 0 Å². The highest BCUT2D eigenvalue weighted by Gasteiger charge is 2.31. The fourth-order valence-electron chi connectivity index (χ4n) is 2.74. The number of carbonyl (C=O) groups is 1. The van der Waals surface area contributed by atoms with Crippen LogP contribution in [0.1, 0.15) is 41.9 Å². The molecule has 2 aromatic rings. The van der Waals surface area contributed by atoms with Crippen LogP contribution < -0.4 is 0 Å². The van der Waals surface area contributed by atoms with Crippen molar-refractivity contribution in [3.63, 3.8) is 0 Å². The molecule has 0 amide bonds. The standard InChI is InChI=1S/C16H17NO/c1-10-4-5-11-7-12-14(17-13(11)6-10)8-16(2,3)9-15(12)18/h4-7H,8-9H2,1-3H3. The van der Waals surface area contributed by atoms with Crippen molar-refractivity contribution >= 4 is 16.7 Å². The summed E-state index contributed by atoms with van der Waals surface area (Å²) in [5.74, 6) is 0.233. The summed E-state index contributed by atoms with van der Waals surface area (Å²) in [4.78, 5) is 16.9. The average Bonchev–Trinajstić information content (AvgIpc) is 2.25. The van der Waals surface area contributed by atoms with E-state index in [1.165, 1.54) is 5.56 Å². The minimum absolute atomic E-state index is 0.0363. The van der Waals surface area contributed by atoms with Gasteiger partial charge < -0.3 is 0 Å². The predicted octanol–water partition coefficient (Wildman–Crippen LogP) is 3.70. The fraction of sp³-hybridized carbons (Fsp3) is 0.375. The highest BCUT2D eigenvalue weighted by molar-refractivity contribution is 6.01. The maximum absolute atomic E-state index is 12.2. The first-order valence-corrected chi connectivity index (χ1v) is 6.38. The number of nitrogens with zero attached hydrogens (tertiary/aromatic N) is 1. The van der Waals surface area contributed by atoms with Gasteiger partial charge in [0.1, 0.15) is 0 Å². The third kappa shape index (κ3) is 1.82. The van der Waals surface area contributed by atoms with E-state index in [4.69, 9.17) is 4.98 Å². The van der Waals surface area contributed by atoms with Crippen LogP contribution in [0.5, 0.6) is 0 Å². The lowest BCUT2D eigenvalue weighted by atomic mass is 9.75. The number of Topliss-reactive ketones (excluding diaryl/α,β-unsaturated/α-hetero) is 1. The molecule has 2 heteroatoms. The summed E-state index contributed by atoms with van der Waals surface area (Å²) in [7, 11) is 0. The van der Waals surface area contributed by atoms with Crippen molar-refractivity contribution in [1.29, 1.82) is 0 Å². The summed E-state index contributed by atoms with van der Waals surface area (Å²) in [5, 5.41) is 1.06. The van der Waals surface area contributed by atoms with Crippen molar-refractivity contribution in [2.75, 3.05) is 0 Å². The molecule has 0 saturated heterocycles. The molecule has 92 valence electrons. The lowest BCUT2D eigenvalue weighted by molar-refractivity contribution is 0.0910. The molecule has 0 saturated carbocycles. The Balaban J connectivity index is 2.24. The molecule has 0 bridgehead atoms. The van der Waals surface area contributed by atoms with Gasteiger partial charge in [-0.25, -0.2) is 0 Å². The van der Waals surface area contributed by atoms with E-state index in [-0.39, 0.29) is 11.2 Å². The number of fused-ring (bicyclic) bond motifs is 2. The van der Waals surface area contributed by atoms with Crippen LogP contribution in [0.15, 0.2) is 24.3 Å². The molecular formula is C16H17NO. The molecular weight excluding hydrogens is 222 g/mol. The molecule has 1 heterocycles. The molecule has 0 unspecified atom stereocenters. The quantitative estimate of drug-likeness (QED) is 0.701. The SMILES string of the molecule is Cc1ccc2cc3c(nc2c1)CC(C)(C)CC3=O. The molecule has 18 heavy (non-hydrogen) atoms. The van der Waals surface area contributed by atoms with Crippen molar-refractivity contribution in [3.05, 3.63) is 41.1 Å². The Kier molecular flexibility index (Phi) is 2.31. The first-order chi connectivity index (χ1) is 8.44. The molecule has 0 fully saturated rings. The summed E-state index contributed by atoms with van der Waals surface area (Å²) in [5.41, 5.74) is 4.03. The monoisotopic (exact) mass is 239 g/mol. The molecule has 1 aliphatic rings.